The van der Waals surface area contributed by atoms with Gasteiger partial charge in [-0.25, -0.2) is 0 Å². The van der Waals surface area contributed by atoms with E-state index in [1.165, 1.54) is 39.5 Å². The van der Waals surface area contributed by atoms with Gasteiger partial charge in [-0.05, 0) is 54.6 Å². The molecule has 0 saturated carbocycles. The van der Waals surface area contributed by atoms with Crippen molar-refractivity contribution in [3.8, 4) is 17.2 Å². The summed E-state index contributed by atoms with van der Waals surface area (Å²) in [6.07, 6.45) is 0. The monoisotopic (exact) mass is 527 g/mol. The van der Waals surface area contributed by atoms with E-state index in [1.807, 2.05) is 0 Å². The van der Waals surface area contributed by atoms with Crippen LogP contribution in [0.5, 0.6) is 17.2 Å². The van der Waals surface area contributed by atoms with Crippen LogP contribution in [0.4, 0.5) is 5.69 Å². The van der Waals surface area contributed by atoms with Gasteiger partial charge in [0.2, 0.25) is 5.75 Å². The molecule has 0 atom stereocenters. The molecule has 0 aliphatic heterocycles. The number of halogens is 1. The Morgan fingerprint density at radius 2 is 1.26 bits per heavy atom. The van der Waals surface area contributed by atoms with Crippen molar-refractivity contribution in [2.75, 3.05) is 26.6 Å². The zero-order valence-corrected chi connectivity index (χ0v) is 20.2. The van der Waals surface area contributed by atoms with Gasteiger partial charge >= 0.3 is 0 Å². The average molecular weight is 528 g/mol. The quantitative estimate of drug-likeness (QED) is 0.402. The highest BCUT2D eigenvalue weighted by molar-refractivity contribution is 9.10. The highest BCUT2D eigenvalue weighted by Gasteiger charge is 2.17. The van der Waals surface area contributed by atoms with Crippen molar-refractivity contribution >= 4 is 39.3 Å². The Bertz CT molecular complexity index is 1190. The molecule has 3 aromatic carbocycles. The first kappa shape index (κ1) is 24.6. The molecule has 3 rings (SSSR count). The number of anilines is 1. The number of methoxy groups -OCH3 is 3. The summed E-state index contributed by atoms with van der Waals surface area (Å²) in [5.74, 6) is -0.420. The van der Waals surface area contributed by atoms with Gasteiger partial charge in [0.25, 0.3) is 17.7 Å². The minimum absolute atomic E-state index is 0.235. The standard InChI is InChI=1S/C24H22BrN3O6/c1-32-19-12-16(13-20(33-2)21(19)34-3)22(29)26-18-6-4-5-15(11-18)24(31)28-27-23(30)14-7-9-17(25)10-8-14/h4-13H,1-3H3,(H,26,29)(H,27,30)(H,28,31). The lowest BCUT2D eigenvalue weighted by Gasteiger charge is -2.14. The number of rotatable bonds is 7. The number of amides is 3. The van der Waals surface area contributed by atoms with Crippen LogP contribution in [-0.4, -0.2) is 39.1 Å². The van der Waals surface area contributed by atoms with Crippen molar-refractivity contribution in [2.45, 2.75) is 0 Å². The van der Waals surface area contributed by atoms with Gasteiger partial charge in [-0.15, -0.1) is 0 Å². The molecule has 34 heavy (non-hydrogen) atoms. The Hall–Kier alpha value is -4.05. The summed E-state index contributed by atoms with van der Waals surface area (Å²) in [5, 5.41) is 2.73. The fourth-order valence-electron chi connectivity index (χ4n) is 3.01. The van der Waals surface area contributed by atoms with Crippen LogP contribution in [0.1, 0.15) is 31.1 Å². The van der Waals surface area contributed by atoms with Gasteiger partial charge < -0.3 is 19.5 Å². The van der Waals surface area contributed by atoms with Crippen molar-refractivity contribution in [1.82, 2.24) is 10.9 Å². The van der Waals surface area contributed by atoms with Crippen LogP contribution in [0.3, 0.4) is 0 Å². The zero-order chi connectivity index (χ0) is 24.7. The zero-order valence-electron chi connectivity index (χ0n) is 18.6. The van der Waals surface area contributed by atoms with Gasteiger partial charge in [0.1, 0.15) is 0 Å². The molecule has 0 aliphatic rings. The predicted molar refractivity (Wildman–Crippen MR) is 130 cm³/mol. The highest BCUT2D eigenvalue weighted by Crippen LogP contribution is 2.38. The topological polar surface area (TPSA) is 115 Å². The van der Waals surface area contributed by atoms with Gasteiger partial charge in [-0.2, -0.15) is 0 Å². The molecule has 0 fully saturated rings. The number of ether oxygens (including phenoxy) is 3. The second-order valence-electron chi connectivity index (χ2n) is 6.86. The van der Waals surface area contributed by atoms with E-state index in [1.54, 1.807) is 42.5 Å². The minimum atomic E-state index is -0.547. The predicted octanol–water partition coefficient (Wildman–Crippen LogP) is 3.80. The van der Waals surface area contributed by atoms with E-state index in [9.17, 15) is 14.4 Å². The number of nitrogens with one attached hydrogen (secondary N) is 3. The normalized spacial score (nSPS) is 10.1. The summed E-state index contributed by atoms with van der Waals surface area (Å²) in [6.45, 7) is 0. The third kappa shape index (κ3) is 5.84. The maximum atomic E-state index is 12.8. The fourth-order valence-corrected chi connectivity index (χ4v) is 3.28. The molecule has 0 spiro atoms. The second-order valence-corrected chi connectivity index (χ2v) is 7.78. The SMILES string of the molecule is COc1cc(C(=O)Nc2cccc(C(=O)NNC(=O)c3ccc(Br)cc3)c2)cc(OC)c1OC. The number of benzene rings is 3. The summed E-state index contributed by atoms with van der Waals surface area (Å²) < 4.78 is 16.7. The van der Waals surface area contributed by atoms with E-state index in [0.717, 1.165) is 4.47 Å². The Labute approximate surface area is 204 Å². The number of carbonyl (C=O) groups excluding carboxylic acids is 3. The van der Waals surface area contributed by atoms with Crippen molar-refractivity contribution < 1.29 is 28.6 Å². The Morgan fingerprint density at radius 1 is 0.676 bits per heavy atom. The third-order valence-corrected chi connectivity index (χ3v) is 5.23. The van der Waals surface area contributed by atoms with E-state index >= 15 is 0 Å². The number of hydrogen-bond donors (Lipinski definition) is 3. The van der Waals surface area contributed by atoms with Crippen molar-refractivity contribution in [3.63, 3.8) is 0 Å². The van der Waals surface area contributed by atoms with Crippen LogP contribution in [0.25, 0.3) is 0 Å². The molecular formula is C24H22BrN3O6. The summed E-state index contributed by atoms with van der Waals surface area (Å²) in [7, 11) is 4.38. The van der Waals surface area contributed by atoms with E-state index in [-0.39, 0.29) is 11.1 Å². The smallest absolute Gasteiger partial charge is 0.269 e. The third-order valence-electron chi connectivity index (χ3n) is 4.71. The summed E-state index contributed by atoms with van der Waals surface area (Å²) in [4.78, 5) is 37.5. The number of hydrazine groups is 1. The lowest BCUT2D eigenvalue weighted by molar-refractivity contribution is 0.0846. The van der Waals surface area contributed by atoms with Crippen LogP contribution in [-0.2, 0) is 0 Å². The van der Waals surface area contributed by atoms with Crippen LogP contribution < -0.4 is 30.4 Å². The van der Waals surface area contributed by atoms with Gasteiger partial charge in [-0.3, -0.25) is 25.2 Å². The first-order valence-electron chi connectivity index (χ1n) is 9.94. The second kappa shape index (κ2) is 11.2. The lowest BCUT2D eigenvalue weighted by atomic mass is 10.1. The molecule has 0 bridgehead atoms. The largest absolute Gasteiger partial charge is 0.493 e. The summed E-state index contributed by atoms with van der Waals surface area (Å²) in [5.41, 5.74) is 5.98. The Kier molecular flexibility index (Phi) is 8.10. The maximum Gasteiger partial charge on any atom is 0.269 e. The average Bonchev–Trinajstić information content (AvgIpc) is 2.86. The molecule has 3 amide bonds. The molecule has 0 aromatic heterocycles. The van der Waals surface area contributed by atoms with Crippen molar-refractivity contribution in [3.05, 3.63) is 81.8 Å². The molecule has 3 aromatic rings. The van der Waals surface area contributed by atoms with E-state index < -0.39 is 17.7 Å². The maximum absolute atomic E-state index is 12.8. The van der Waals surface area contributed by atoms with Gasteiger partial charge in [-0.1, -0.05) is 22.0 Å². The van der Waals surface area contributed by atoms with Crippen molar-refractivity contribution in [1.29, 1.82) is 0 Å². The van der Waals surface area contributed by atoms with E-state index in [0.29, 0.717) is 28.5 Å². The van der Waals surface area contributed by atoms with Gasteiger partial charge in [0.15, 0.2) is 11.5 Å². The molecular weight excluding hydrogens is 506 g/mol. The van der Waals surface area contributed by atoms with E-state index in [2.05, 4.69) is 32.1 Å². The molecule has 9 nitrogen and oxygen atoms in total. The molecule has 0 saturated heterocycles. The van der Waals surface area contributed by atoms with E-state index in [4.69, 9.17) is 14.2 Å². The first-order valence-corrected chi connectivity index (χ1v) is 10.7. The van der Waals surface area contributed by atoms with Crippen molar-refractivity contribution in [2.24, 2.45) is 0 Å². The number of hydrogen-bond acceptors (Lipinski definition) is 6. The fraction of sp³-hybridized carbons (Fsp3) is 0.125. The minimum Gasteiger partial charge on any atom is -0.493 e. The molecule has 0 heterocycles. The number of carbonyl (C=O) groups is 3. The van der Waals surface area contributed by atoms with Crippen LogP contribution in [0.15, 0.2) is 65.1 Å². The molecule has 176 valence electrons. The first-order chi connectivity index (χ1) is 16.4. The lowest BCUT2D eigenvalue weighted by Crippen LogP contribution is -2.41. The molecule has 10 heteroatoms. The van der Waals surface area contributed by atoms with Crippen LogP contribution in [0.2, 0.25) is 0 Å². The molecule has 3 N–H and O–H groups in total. The summed E-state index contributed by atoms with van der Waals surface area (Å²) >= 11 is 3.30. The van der Waals surface area contributed by atoms with Crippen LogP contribution in [0, 0.1) is 0 Å². The molecule has 0 aliphatic carbocycles. The Balaban J connectivity index is 1.69. The summed E-state index contributed by atoms with van der Waals surface area (Å²) in [6, 6.07) is 16.0. The Morgan fingerprint density at radius 3 is 1.82 bits per heavy atom. The highest BCUT2D eigenvalue weighted by atomic mass is 79.9. The molecule has 0 unspecified atom stereocenters. The van der Waals surface area contributed by atoms with Gasteiger partial charge in [0, 0.05) is 26.9 Å². The van der Waals surface area contributed by atoms with Crippen LogP contribution >= 0.6 is 15.9 Å². The molecule has 0 radical (unpaired) electrons. The van der Waals surface area contributed by atoms with Gasteiger partial charge in [0.05, 0.1) is 21.3 Å².